The van der Waals surface area contributed by atoms with E-state index in [4.69, 9.17) is 0 Å². The Morgan fingerprint density at radius 3 is 2.36 bits per heavy atom. The molecule has 1 fully saturated rings. The third kappa shape index (κ3) is 1.65. The topological polar surface area (TPSA) is 26.3 Å². The first-order chi connectivity index (χ1) is 6.81. The third-order valence-electron chi connectivity index (χ3n) is 2.91. The zero-order chi connectivity index (χ0) is 9.97. The van der Waals surface area contributed by atoms with Gasteiger partial charge in [-0.25, -0.2) is 4.79 Å². The maximum atomic E-state index is 11.2. The Kier molecular flexibility index (Phi) is 2.53. The second-order valence-electron chi connectivity index (χ2n) is 3.74. The van der Waals surface area contributed by atoms with Gasteiger partial charge in [0.1, 0.15) is 0 Å². The number of hydrogen-bond donors (Lipinski definition) is 0. The fourth-order valence-electron chi connectivity index (χ4n) is 1.75. The van der Waals surface area contributed by atoms with Gasteiger partial charge in [-0.2, -0.15) is 0 Å². The van der Waals surface area contributed by atoms with E-state index in [9.17, 15) is 4.79 Å². The van der Waals surface area contributed by atoms with E-state index in [1.165, 1.54) is 31.9 Å². The zero-order valence-electron chi connectivity index (χ0n) is 8.32. The molecule has 2 rings (SSSR count). The molecule has 2 heteroatoms. The van der Waals surface area contributed by atoms with Crippen LogP contribution >= 0.6 is 0 Å². The smallest absolute Gasteiger partial charge is 0.337 e. The van der Waals surface area contributed by atoms with Gasteiger partial charge in [0.2, 0.25) is 0 Å². The molecule has 0 spiro atoms. The molecule has 0 radical (unpaired) electrons. The summed E-state index contributed by atoms with van der Waals surface area (Å²) in [6, 6.07) is 7.77. The Hall–Kier alpha value is -1.31. The van der Waals surface area contributed by atoms with Gasteiger partial charge >= 0.3 is 5.97 Å². The van der Waals surface area contributed by atoms with Crippen molar-refractivity contribution in [2.45, 2.75) is 25.2 Å². The zero-order valence-corrected chi connectivity index (χ0v) is 8.32. The maximum Gasteiger partial charge on any atom is 0.337 e. The van der Waals surface area contributed by atoms with Gasteiger partial charge in [0.05, 0.1) is 12.7 Å². The van der Waals surface area contributed by atoms with E-state index in [0.29, 0.717) is 5.56 Å². The monoisotopic (exact) mass is 190 g/mol. The minimum Gasteiger partial charge on any atom is -0.465 e. The van der Waals surface area contributed by atoms with Crippen LogP contribution in [0.3, 0.4) is 0 Å². The largest absolute Gasteiger partial charge is 0.465 e. The van der Waals surface area contributed by atoms with Crippen LogP contribution in [-0.4, -0.2) is 13.1 Å². The van der Waals surface area contributed by atoms with Crippen LogP contribution in [-0.2, 0) is 4.74 Å². The predicted molar refractivity (Wildman–Crippen MR) is 54.4 cm³/mol. The van der Waals surface area contributed by atoms with Crippen LogP contribution in [0.1, 0.15) is 41.1 Å². The van der Waals surface area contributed by atoms with Crippen LogP contribution in [0.4, 0.5) is 0 Å². The molecule has 1 aliphatic carbocycles. The first-order valence-electron chi connectivity index (χ1n) is 4.99. The molecular formula is C12H14O2. The van der Waals surface area contributed by atoms with Crippen molar-refractivity contribution >= 4 is 5.97 Å². The highest BCUT2D eigenvalue weighted by molar-refractivity contribution is 5.89. The molecule has 0 unspecified atom stereocenters. The lowest BCUT2D eigenvalue weighted by Crippen LogP contribution is -2.09. The van der Waals surface area contributed by atoms with E-state index in [2.05, 4.69) is 4.74 Å². The van der Waals surface area contributed by atoms with Crippen LogP contribution in [0.15, 0.2) is 24.3 Å². The van der Waals surface area contributed by atoms with Gasteiger partial charge in [-0.15, -0.1) is 0 Å². The predicted octanol–water partition coefficient (Wildman–Crippen LogP) is 2.74. The molecule has 0 heterocycles. The maximum absolute atomic E-state index is 11.2. The Morgan fingerprint density at radius 1 is 1.29 bits per heavy atom. The third-order valence-corrected chi connectivity index (χ3v) is 2.91. The number of rotatable bonds is 2. The summed E-state index contributed by atoms with van der Waals surface area (Å²) in [7, 11) is 1.40. The van der Waals surface area contributed by atoms with Gasteiger partial charge in [0.25, 0.3) is 0 Å². The summed E-state index contributed by atoms with van der Waals surface area (Å²) in [6.07, 6.45) is 3.92. The molecule has 1 aliphatic rings. The summed E-state index contributed by atoms with van der Waals surface area (Å²) < 4.78 is 4.64. The Morgan fingerprint density at radius 2 is 1.93 bits per heavy atom. The fourth-order valence-corrected chi connectivity index (χ4v) is 1.75. The summed E-state index contributed by atoms with van der Waals surface area (Å²) in [6.45, 7) is 0. The van der Waals surface area contributed by atoms with Gasteiger partial charge in [0.15, 0.2) is 0 Å². The van der Waals surface area contributed by atoms with Crippen LogP contribution < -0.4 is 0 Å². The Balaban J connectivity index is 2.13. The number of esters is 1. The molecule has 0 amide bonds. The number of carbonyl (C=O) groups is 1. The summed E-state index contributed by atoms with van der Waals surface area (Å²) in [5.41, 5.74) is 1.99. The summed E-state index contributed by atoms with van der Waals surface area (Å²) in [4.78, 5) is 11.2. The highest BCUT2D eigenvalue weighted by atomic mass is 16.5. The van der Waals surface area contributed by atoms with Crippen LogP contribution in [0.2, 0.25) is 0 Å². The minimum atomic E-state index is -0.259. The molecule has 14 heavy (non-hydrogen) atoms. The summed E-state index contributed by atoms with van der Waals surface area (Å²) in [5, 5.41) is 0. The molecule has 0 saturated heterocycles. The first-order valence-corrected chi connectivity index (χ1v) is 4.99. The average Bonchev–Trinajstić information content (AvgIpc) is 2.15. The van der Waals surface area contributed by atoms with E-state index in [-0.39, 0.29) is 5.97 Å². The van der Waals surface area contributed by atoms with Crippen molar-refractivity contribution in [2.24, 2.45) is 0 Å². The van der Waals surface area contributed by atoms with E-state index < -0.39 is 0 Å². The number of hydrogen-bond acceptors (Lipinski definition) is 2. The molecule has 0 atom stereocenters. The molecule has 2 nitrogen and oxygen atoms in total. The molecule has 0 N–H and O–H groups in total. The lowest BCUT2D eigenvalue weighted by molar-refractivity contribution is 0.0600. The van der Waals surface area contributed by atoms with Crippen molar-refractivity contribution in [2.75, 3.05) is 7.11 Å². The fraction of sp³-hybridized carbons (Fsp3) is 0.417. The normalized spacial score (nSPS) is 16.1. The van der Waals surface area contributed by atoms with E-state index in [0.717, 1.165) is 5.92 Å². The molecule has 1 saturated carbocycles. The molecule has 0 bridgehead atoms. The van der Waals surface area contributed by atoms with Crippen molar-refractivity contribution in [3.05, 3.63) is 35.4 Å². The Labute approximate surface area is 83.9 Å². The van der Waals surface area contributed by atoms with Gasteiger partial charge in [-0.1, -0.05) is 18.6 Å². The highest BCUT2D eigenvalue weighted by Crippen LogP contribution is 2.36. The van der Waals surface area contributed by atoms with Crippen molar-refractivity contribution in [1.29, 1.82) is 0 Å². The van der Waals surface area contributed by atoms with E-state index in [1.54, 1.807) is 0 Å². The molecule has 1 aromatic rings. The van der Waals surface area contributed by atoms with Crippen LogP contribution in [0.25, 0.3) is 0 Å². The molecule has 74 valence electrons. The standard InChI is InChI=1S/C12H14O2/c1-14-12(13)11-7-5-10(6-8-11)9-3-2-4-9/h5-9H,2-4H2,1H3. The lowest BCUT2D eigenvalue weighted by atomic mass is 9.80. The number of ether oxygens (including phenoxy) is 1. The first kappa shape index (κ1) is 9.25. The van der Waals surface area contributed by atoms with Crippen molar-refractivity contribution < 1.29 is 9.53 Å². The highest BCUT2D eigenvalue weighted by Gasteiger charge is 2.19. The quantitative estimate of drug-likeness (QED) is 0.670. The van der Waals surface area contributed by atoms with Gasteiger partial charge in [0, 0.05) is 0 Å². The average molecular weight is 190 g/mol. The van der Waals surface area contributed by atoms with Gasteiger partial charge < -0.3 is 4.74 Å². The summed E-state index contributed by atoms with van der Waals surface area (Å²) >= 11 is 0. The molecular weight excluding hydrogens is 176 g/mol. The lowest BCUT2D eigenvalue weighted by Gasteiger charge is -2.25. The Bertz CT molecular complexity index is 323. The van der Waals surface area contributed by atoms with Gasteiger partial charge in [-0.05, 0) is 36.5 Å². The number of benzene rings is 1. The van der Waals surface area contributed by atoms with E-state index in [1.807, 2.05) is 24.3 Å². The second-order valence-corrected chi connectivity index (χ2v) is 3.74. The molecule has 0 aromatic heterocycles. The van der Waals surface area contributed by atoms with Crippen molar-refractivity contribution in [3.63, 3.8) is 0 Å². The molecule has 1 aromatic carbocycles. The van der Waals surface area contributed by atoms with E-state index >= 15 is 0 Å². The molecule has 0 aliphatic heterocycles. The van der Waals surface area contributed by atoms with Crippen molar-refractivity contribution in [3.8, 4) is 0 Å². The second kappa shape index (κ2) is 3.82. The minimum absolute atomic E-state index is 0.259. The van der Waals surface area contributed by atoms with Crippen LogP contribution in [0, 0.1) is 0 Å². The van der Waals surface area contributed by atoms with Crippen molar-refractivity contribution in [1.82, 2.24) is 0 Å². The van der Waals surface area contributed by atoms with Crippen LogP contribution in [0.5, 0.6) is 0 Å². The number of methoxy groups -OCH3 is 1. The van der Waals surface area contributed by atoms with Gasteiger partial charge in [-0.3, -0.25) is 0 Å². The summed E-state index contributed by atoms with van der Waals surface area (Å²) in [5.74, 6) is 0.465. The SMILES string of the molecule is COC(=O)c1ccc(C2CCC2)cc1. The number of carbonyl (C=O) groups excluding carboxylic acids is 1.